The Labute approximate surface area is 168 Å². The molecule has 2 aliphatic heterocycles. The van der Waals surface area contributed by atoms with Crippen LogP contribution in [0.1, 0.15) is 63.4 Å². The SMILES string of the molecule is O=C(NC1CCN(Cc2ccc(F)cc2)CC1)C1(N2CCCC2)CCCCC1. The highest BCUT2D eigenvalue weighted by Gasteiger charge is 2.45. The zero-order chi connectivity index (χ0) is 19.4. The van der Waals surface area contributed by atoms with Gasteiger partial charge in [0.2, 0.25) is 5.91 Å². The number of amides is 1. The summed E-state index contributed by atoms with van der Waals surface area (Å²) in [7, 11) is 0. The molecule has 1 saturated carbocycles. The molecule has 1 amide bonds. The molecule has 0 bridgehead atoms. The molecule has 0 atom stereocenters. The number of hydrogen-bond donors (Lipinski definition) is 1. The topological polar surface area (TPSA) is 35.6 Å². The van der Waals surface area contributed by atoms with E-state index in [4.69, 9.17) is 0 Å². The van der Waals surface area contributed by atoms with Gasteiger partial charge in [-0.25, -0.2) is 4.39 Å². The first kappa shape index (κ1) is 19.8. The van der Waals surface area contributed by atoms with Crippen LogP contribution < -0.4 is 5.32 Å². The smallest absolute Gasteiger partial charge is 0.240 e. The number of carbonyl (C=O) groups is 1. The third-order valence-electron chi connectivity index (χ3n) is 7.06. The summed E-state index contributed by atoms with van der Waals surface area (Å²) in [6, 6.07) is 7.09. The average molecular weight is 388 g/mol. The Hall–Kier alpha value is -1.46. The van der Waals surface area contributed by atoms with E-state index >= 15 is 0 Å². The van der Waals surface area contributed by atoms with Crippen molar-refractivity contribution in [2.24, 2.45) is 0 Å². The maximum Gasteiger partial charge on any atom is 0.240 e. The number of benzene rings is 1. The van der Waals surface area contributed by atoms with E-state index < -0.39 is 0 Å². The van der Waals surface area contributed by atoms with Gasteiger partial charge in [-0.15, -0.1) is 0 Å². The van der Waals surface area contributed by atoms with Crippen LogP contribution in [0.15, 0.2) is 24.3 Å². The lowest BCUT2D eigenvalue weighted by Crippen LogP contribution is -2.61. The number of nitrogens with one attached hydrogen (secondary N) is 1. The second-order valence-corrected chi connectivity index (χ2v) is 8.94. The Morgan fingerprint density at radius 1 is 0.964 bits per heavy atom. The van der Waals surface area contributed by atoms with Crippen LogP contribution >= 0.6 is 0 Å². The van der Waals surface area contributed by atoms with Gasteiger partial charge in [0.15, 0.2) is 0 Å². The van der Waals surface area contributed by atoms with E-state index in [0.717, 1.165) is 64.0 Å². The van der Waals surface area contributed by atoms with E-state index in [1.807, 2.05) is 12.1 Å². The van der Waals surface area contributed by atoms with Crippen molar-refractivity contribution in [3.05, 3.63) is 35.6 Å². The highest BCUT2D eigenvalue weighted by molar-refractivity contribution is 5.86. The maximum absolute atomic E-state index is 13.4. The summed E-state index contributed by atoms with van der Waals surface area (Å²) in [5.41, 5.74) is 0.916. The molecule has 0 aromatic heterocycles. The minimum atomic E-state index is -0.236. The first-order valence-electron chi connectivity index (χ1n) is 11.2. The van der Waals surface area contributed by atoms with Gasteiger partial charge in [0, 0.05) is 25.7 Å². The molecule has 28 heavy (non-hydrogen) atoms. The van der Waals surface area contributed by atoms with Crippen molar-refractivity contribution in [2.75, 3.05) is 26.2 Å². The van der Waals surface area contributed by atoms with Crippen LogP contribution in [0.4, 0.5) is 4.39 Å². The van der Waals surface area contributed by atoms with Gasteiger partial charge >= 0.3 is 0 Å². The minimum Gasteiger partial charge on any atom is -0.352 e. The van der Waals surface area contributed by atoms with E-state index in [0.29, 0.717) is 11.9 Å². The summed E-state index contributed by atoms with van der Waals surface area (Å²) in [6.07, 6.45) is 10.2. The highest BCUT2D eigenvalue weighted by atomic mass is 19.1. The molecule has 154 valence electrons. The van der Waals surface area contributed by atoms with Gasteiger partial charge in [0.25, 0.3) is 0 Å². The first-order chi connectivity index (χ1) is 13.7. The summed E-state index contributed by atoms with van der Waals surface area (Å²) in [5.74, 6) is 0.117. The molecule has 4 nitrogen and oxygen atoms in total. The third-order valence-corrected chi connectivity index (χ3v) is 7.06. The normalized spacial score (nSPS) is 24.3. The van der Waals surface area contributed by atoms with Crippen LogP contribution in [0, 0.1) is 5.82 Å². The van der Waals surface area contributed by atoms with Crippen molar-refractivity contribution in [3.63, 3.8) is 0 Å². The van der Waals surface area contributed by atoms with Crippen molar-refractivity contribution in [3.8, 4) is 0 Å². The van der Waals surface area contributed by atoms with Crippen molar-refractivity contribution < 1.29 is 9.18 Å². The monoisotopic (exact) mass is 387 g/mol. The molecule has 1 aromatic carbocycles. The molecular formula is C23H34FN3O. The molecular weight excluding hydrogens is 353 g/mol. The second-order valence-electron chi connectivity index (χ2n) is 8.94. The van der Waals surface area contributed by atoms with E-state index in [9.17, 15) is 9.18 Å². The zero-order valence-electron chi connectivity index (χ0n) is 17.0. The third kappa shape index (κ3) is 4.41. The maximum atomic E-state index is 13.4. The molecule has 1 aromatic rings. The Bertz CT molecular complexity index is 642. The lowest BCUT2D eigenvalue weighted by atomic mass is 9.79. The van der Waals surface area contributed by atoms with Gasteiger partial charge in [0.1, 0.15) is 11.4 Å². The van der Waals surface area contributed by atoms with Gasteiger partial charge < -0.3 is 5.32 Å². The number of nitrogens with zero attached hydrogens (tertiary/aromatic N) is 2. The number of piperidine rings is 1. The van der Waals surface area contributed by atoms with Crippen LogP contribution in [0.25, 0.3) is 0 Å². The predicted octanol–water partition coefficient (Wildman–Crippen LogP) is 3.71. The second kappa shape index (κ2) is 8.91. The van der Waals surface area contributed by atoms with Crippen LogP contribution in [0.2, 0.25) is 0 Å². The number of likely N-dealkylation sites (tertiary alicyclic amines) is 2. The van der Waals surface area contributed by atoms with E-state index in [1.165, 1.54) is 44.2 Å². The highest BCUT2D eigenvalue weighted by Crippen LogP contribution is 2.36. The standard InChI is InChI=1S/C23H34FN3O/c24-20-8-6-19(7-9-20)18-26-16-10-21(11-17-26)25-22(28)23(12-2-1-3-13-23)27-14-4-5-15-27/h6-9,21H,1-5,10-18H2,(H,25,28). The Morgan fingerprint density at radius 3 is 2.25 bits per heavy atom. The summed E-state index contributed by atoms with van der Waals surface area (Å²) in [5, 5.41) is 3.44. The van der Waals surface area contributed by atoms with Crippen LogP contribution in [-0.4, -0.2) is 53.5 Å². The van der Waals surface area contributed by atoms with Crippen molar-refractivity contribution in [1.82, 2.24) is 15.1 Å². The molecule has 1 aliphatic carbocycles. The van der Waals surface area contributed by atoms with Crippen LogP contribution in [-0.2, 0) is 11.3 Å². The fourth-order valence-corrected chi connectivity index (χ4v) is 5.37. The number of hydrogen-bond acceptors (Lipinski definition) is 3. The molecule has 2 heterocycles. The van der Waals surface area contributed by atoms with Crippen molar-refractivity contribution in [1.29, 1.82) is 0 Å². The molecule has 3 aliphatic rings. The van der Waals surface area contributed by atoms with E-state index in [-0.39, 0.29) is 11.4 Å². The average Bonchev–Trinajstić information content (AvgIpc) is 3.27. The van der Waals surface area contributed by atoms with Crippen molar-refractivity contribution >= 4 is 5.91 Å². The van der Waals surface area contributed by atoms with E-state index in [1.54, 1.807) is 0 Å². The molecule has 2 saturated heterocycles. The van der Waals surface area contributed by atoms with Gasteiger partial charge in [0.05, 0.1) is 0 Å². The van der Waals surface area contributed by atoms with Gasteiger partial charge in [-0.1, -0.05) is 31.4 Å². The Balaban J connectivity index is 1.30. The van der Waals surface area contributed by atoms with Gasteiger partial charge in [-0.3, -0.25) is 14.6 Å². The molecule has 5 heteroatoms. The summed E-state index contributed by atoms with van der Waals surface area (Å²) in [6.45, 7) is 5.00. The minimum absolute atomic E-state index is 0.181. The Kier molecular flexibility index (Phi) is 6.32. The molecule has 0 unspecified atom stereocenters. The van der Waals surface area contributed by atoms with Crippen LogP contribution in [0.3, 0.4) is 0 Å². The molecule has 0 radical (unpaired) electrons. The zero-order valence-corrected chi connectivity index (χ0v) is 17.0. The van der Waals surface area contributed by atoms with Crippen molar-refractivity contribution in [2.45, 2.75) is 75.9 Å². The molecule has 3 fully saturated rings. The predicted molar refractivity (Wildman–Crippen MR) is 109 cm³/mol. The Morgan fingerprint density at radius 2 is 1.61 bits per heavy atom. The van der Waals surface area contributed by atoms with Gasteiger partial charge in [-0.2, -0.15) is 0 Å². The fraction of sp³-hybridized carbons (Fsp3) is 0.696. The van der Waals surface area contributed by atoms with E-state index in [2.05, 4.69) is 15.1 Å². The number of carbonyl (C=O) groups excluding carboxylic acids is 1. The largest absolute Gasteiger partial charge is 0.352 e. The molecule has 1 N–H and O–H groups in total. The number of halogens is 1. The molecule has 0 spiro atoms. The molecule has 4 rings (SSSR count). The summed E-state index contributed by atoms with van der Waals surface area (Å²) >= 11 is 0. The van der Waals surface area contributed by atoms with Gasteiger partial charge in [-0.05, 0) is 69.3 Å². The lowest BCUT2D eigenvalue weighted by molar-refractivity contribution is -0.136. The summed E-state index contributed by atoms with van der Waals surface area (Å²) < 4.78 is 13.1. The lowest BCUT2D eigenvalue weighted by Gasteiger charge is -2.44. The number of rotatable bonds is 5. The van der Waals surface area contributed by atoms with Crippen LogP contribution in [0.5, 0.6) is 0 Å². The first-order valence-corrected chi connectivity index (χ1v) is 11.2. The quantitative estimate of drug-likeness (QED) is 0.837. The fourth-order valence-electron chi connectivity index (χ4n) is 5.37. The summed E-state index contributed by atoms with van der Waals surface area (Å²) in [4.78, 5) is 18.3.